The van der Waals surface area contributed by atoms with E-state index in [0.29, 0.717) is 73.2 Å². The first-order valence-electron chi connectivity index (χ1n) is 19.4. The zero-order valence-electron chi connectivity index (χ0n) is 32.8. The van der Waals surface area contributed by atoms with E-state index in [9.17, 15) is 29.2 Å². The van der Waals surface area contributed by atoms with Gasteiger partial charge in [0.1, 0.15) is 35.5 Å². The SMILES string of the molecule is CC1(C)C(NC(=O)c2cccc(OCCCOCCCOc3ccc4c(c3)C(=O)N(C3CCC(=O)NC3=O)C4=O)c2)C(C)(C)C1Oc1ccc(C#N)c2ncccc12. The summed E-state index contributed by atoms with van der Waals surface area (Å²) in [6.07, 6.45) is 2.78. The zero-order valence-corrected chi connectivity index (χ0v) is 32.8. The van der Waals surface area contributed by atoms with Gasteiger partial charge in [0, 0.05) is 66.5 Å². The van der Waals surface area contributed by atoms with Gasteiger partial charge in [-0.05, 0) is 67.1 Å². The number of pyridine rings is 1. The van der Waals surface area contributed by atoms with Gasteiger partial charge in [-0.2, -0.15) is 5.26 Å². The summed E-state index contributed by atoms with van der Waals surface area (Å²) >= 11 is 0. The number of rotatable bonds is 15. The molecule has 3 heterocycles. The van der Waals surface area contributed by atoms with Crippen molar-refractivity contribution in [3.05, 3.63) is 95.2 Å². The lowest BCUT2D eigenvalue weighted by Crippen LogP contribution is -2.74. The van der Waals surface area contributed by atoms with Crippen LogP contribution in [-0.2, 0) is 14.3 Å². The maximum atomic E-state index is 13.5. The van der Waals surface area contributed by atoms with E-state index in [4.69, 9.17) is 18.9 Å². The van der Waals surface area contributed by atoms with Crippen LogP contribution < -0.4 is 24.8 Å². The molecule has 0 radical (unpaired) electrons. The molecular weight excluding hydrogens is 743 g/mol. The molecule has 4 aromatic rings. The third kappa shape index (κ3) is 7.69. The first-order valence-corrected chi connectivity index (χ1v) is 19.4. The Kier molecular flexibility index (Phi) is 11.2. The summed E-state index contributed by atoms with van der Waals surface area (Å²) in [6, 6.07) is 19.9. The molecule has 58 heavy (non-hydrogen) atoms. The highest BCUT2D eigenvalue weighted by Gasteiger charge is 2.64. The summed E-state index contributed by atoms with van der Waals surface area (Å²) in [7, 11) is 0. The number of nitrogens with one attached hydrogen (secondary N) is 2. The number of hydrogen-bond donors (Lipinski definition) is 2. The monoisotopic (exact) mass is 787 g/mol. The first kappa shape index (κ1) is 39.9. The molecule has 300 valence electrons. The third-order valence-electron chi connectivity index (χ3n) is 11.1. The van der Waals surface area contributed by atoms with Crippen molar-refractivity contribution in [1.29, 1.82) is 5.26 Å². The Morgan fingerprint density at radius 3 is 2.29 bits per heavy atom. The fourth-order valence-corrected chi connectivity index (χ4v) is 8.55. The third-order valence-corrected chi connectivity index (χ3v) is 11.1. The van der Waals surface area contributed by atoms with Gasteiger partial charge in [0.2, 0.25) is 11.8 Å². The van der Waals surface area contributed by atoms with Gasteiger partial charge in [0.05, 0.1) is 35.4 Å². The largest absolute Gasteiger partial charge is 0.493 e. The molecule has 1 aromatic heterocycles. The van der Waals surface area contributed by atoms with Crippen LogP contribution in [0.5, 0.6) is 17.2 Å². The molecule has 1 atom stereocenters. The van der Waals surface area contributed by atoms with E-state index in [1.807, 2.05) is 24.3 Å². The van der Waals surface area contributed by atoms with E-state index in [-0.39, 0.29) is 42.0 Å². The number of hydrogen-bond acceptors (Lipinski definition) is 11. The highest BCUT2D eigenvalue weighted by Crippen LogP contribution is 2.56. The Morgan fingerprint density at radius 2 is 1.59 bits per heavy atom. The van der Waals surface area contributed by atoms with Gasteiger partial charge < -0.3 is 24.3 Å². The van der Waals surface area contributed by atoms with Crippen LogP contribution in [0.15, 0.2) is 72.9 Å². The van der Waals surface area contributed by atoms with Crippen LogP contribution in [0.2, 0.25) is 0 Å². The highest BCUT2D eigenvalue weighted by molar-refractivity contribution is 6.23. The summed E-state index contributed by atoms with van der Waals surface area (Å²) in [6.45, 7) is 9.91. The topological polar surface area (TPSA) is 186 Å². The summed E-state index contributed by atoms with van der Waals surface area (Å²) in [5.41, 5.74) is 1.10. The number of carbonyl (C=O) groups excluding carboxylic acids is 5. The second kappa shape index (κ2) is 16.3. The molecule has 5 amide bonds. The fourth-order valence-electron chi connectivity index (χ4n) is 8.55. The molecule has 1 aliphatic carbocycles. The number of benzene rings is 3. The average molecular weight is 788 g/mol. The van der Waals surface area contributed by atoms with E-state index in [0.717, 1.165) is 10.3 Å². The lowest BCUT2D eigenvalue weighted by Gasteiger charge is -2.63. The molecular formula is C44H45N5O9. The first-order chi connectivity index (χ1) is 27.8. The van der Waals surface area contributed by atoms with Crippen molar-refractivity contribution in [1.82, 2.24) is 20.5 Å². The predicted molar refractivity (Wildman–Crippen MR) is 210 cm³/mol. The summed E-state index contributed by atoms with van der Waals surface area (Å²) < 4.78 is 24.1. The van der Waals surface area contributed by atoms with Gasteiger partial charge in [0.25, 0.3) is 17.7 Å². The smallest absolute Gasteiger partial charge is 0.262 e. The van der Waals surface area contributed by atoms with E-state index >= 15 is 0 Å². The number of aromatic nitrogens is 1. The van der Waals surface area contributed by atoms with Crippen LogP contribution in [0.3, 0.4) is 0 Å². The van der Waals surface area contributed by atoms with E-state index in [1.165, 1.54) is 12.1 Å². The molecule has 1 saturated carbocycles. The lowest BCUT2D eigenvalue weighted by atomic mass is 9.49. The molecule has 7 rings (SSSR count). The molecule has 3 aliphatic rings. The number of ether oxygens (including phenoxy) is 4. The Morgan fingerprint density at radius 1 is 0.879 bits per heavy atom. The minimum atomic E-state index is -1.02. The summed E-state index contributed by atoms with van der Waals surface area (Å²) in [4.78, 5) is 68.6. The van der Waals surface area contributed by atoms with Gasteiger partial charge in [-0.3, -0.25) is 39.2 Å². The summed E-state index contributed by atoms with van der Waals surface area (Å²) in [5.74, 6) is -0.798. The van der Waals surface area contributed by atoms with E-state index in [2.05, 4.69) is 49.4 Å². The van der Waals surface area contributed by atoms with Crippen LogP contribution in [0.25, 0.3) is 10.9 Å². The molecule has 0 spiro atoms. The number of nitriles is 1. The van der Waals surface area contributed by atoms with Gasteiger partial charge >= 0.3 is 0 Å². The number of piperidine rings is 1. The Bertz CT molecular complexity index is 2320. The highest BCUT2D eigenvalue weighted by atomic mass is 16.5. The van der Waals surface area contributed by atoms with Crippen molar-refractivity contribution < 1.29 is 42.9 Å². The second-order valence-electron chi connectivity index (χ2n) is 15.9. The molecule has 2 aliphatic heterocycles. The standard InChI is InChI=1S/C44H45N5O9/c1-43(2)41(44(3,4)42(43)58-34-16-12-27(25-45)36-31(34)11-6-18-46-36)48-37(51)26-9-5-10-28(23-26)56-21-7-19-55-20-8-22-57-29-13-14-30-32(24-29)40(54)49(39(30)53)33-15-17-35(50)47-38(33)52/h5-6,9-14,16,18,23-24,33,41-42H,7-8,15,17,19-22H2,1-4H3,(H,48,51)(H,47,50,52). The zero-order chi connectivity index (χ0) is 41.2. The minimum Gasteiger partial charge on any atom is -0.493 e. The van der Waals surface area contributed by atoms with Crippen molar-refractivity contribution in [3.63, 3.8) is 0 Å². The van der Waals surface area contributed by atoms with Gasteiger partial charge in [0.15, 0.2) is 0 Å². The predicted octanol–water partition coefficient (Wildman–Crippen LogP) is 5.37. The van der Waals surface area contributed by atoms with E-state index < -0.39 is 40.5 Å². The second-order valence-corrected chi connectivity index (χ2v) is 15.9. The Labute approximate surface area is 335 Å². The number of fused-ring (bicyclic) bond motifs is 2. The number of carbonyl (C=O) groups is 5. The Balaban J connectivity index is 0.821. The van der Waals surface area contributed by atoms with Crippen LogP contribution in [-0.4, -0.2) is 84.0 Å². The molecule has 3 aromatic carbocycles. The Hall–Kier alpha value is -6.33. The van der Waals surface area contributed by atoms with Crippen molar-refractivity contribution in [2.24, 2.45) is 10.8 Å². The molecule has 0 bridgehead atoms. The maximum absolute atomic E-state index is 13.5. The van der Waals surface area contributed by atoms with E-state index in [1.54, 1.807) is 36.5 Å². The molecule has 14 nitrogen and oxygen atoms in total. The summed E-state index contributed by atoms with van der Waals surface area (Å²) in [5, 5.41) is 15.7. The van der Waals surface area contributed by atoms with Gasteiger partial charge in [-0.25, -0.2) is 0 Å². The van der Waals surface area contributed by atoms with Gasteiger partial charge in [-0.1, -0.05) is 33.8 Å². The lowest BCUT2D eigenvalue weighted by molar-refractivity contribution is -0.163. The van der Waals surface area contributed by atoms with Gasteiger partial charge in [-0.15, -0.1) is 0 Å². The molecule has 1 saturated heterocycles. The quantitative estimate of drug-likeness (QED) is 0.117. The van der Waals surface area contributed by atoms with Crippen LogP contribution in [0.4, 0.5) is 0 Å². The molecule has 14 heteroatoms. The van der Waals surface area contributed by atoms with Crippen molar-refractivity contribution in [2.45, 2.75) is 71.6 Å². The fraction of sp³-hybridized carbons (Fsp3) is 0.386. The number of amides is 5. The molecule has 1 unspecified atom stereocenters. The van der Waals surface area contributed by atoms with Crippen molar-refractivity contribution >= 4 is 40.4 Å². The van der Waals surface area contributed by atoms with Crippen molar-refractivity contribution in [2.75, 3.05) is 26.4 Å². The van der Waals surface area contributed by atoms with Crippen LogP contribution in [0, 0.1) is 22.2 Å². The number of nitrogens with zero attached hydrogens (tertiary/aromatic N) is 3. The van der Waals surface area contributed by atoms with Crippen LogP contribution >= 0.6 is 0 Å². The normalized spacial score (nSPS) is 20.5. The van der Waals surface area contributed by atoms with Crippen molar-refractivity contribution in [3.8, 4) is 23.3 Å². The van der Waals surface area contributed by atoms with Crippen LogP contribution in [0.1, 0.15) is 90.0 Å². The maximum Gasteiger partial charge on any atom is 0.262 e. The average Bonchev–Trinajstić information content (AvgIpc) is 3.45. The minimum absolute atomic E-state index is 0.0551. The molecule has 2 fully saturated rings. The number of imide groups is 2. The molecule has 2 N–H and O–H groups in total.